The molecule has 1 heterocycles. The number of hydrogen-bond donors (Lipinski definition) is 0. The first-order valence-electron chi connectivity index (χ1n) is 6.02. The molecular weight excluding hydrogens is 267 g/mol. The molecular formula is C13H18O5P+. The van der Waals surface area contributed by atoms with Crippen LogP contribution in [0.4, 0.5) is 0 Å². The van der Waals surface area contributed by atoms with Gasteiger partial charge in [-0.2, -0.15) is 0 Å². The zero-order chi connectivity index (χ0) is 14.6. The Labute approximate surface area is 113 Å². The third kappa shape index (κ3) is 4.37. The number of hydrogen-bond acceptors (Lipinski definition) is 5. The van der Waals surface area contributed by atoms with Crippen LogP contribution < -0.4 is 5.50 Å². The minimum Gasteiger partial charge on any atom is -0.413 e. The fourth-order valence-electron chi connectivity index (χ4n) is 1.25. The molecule has 0 aliphatic rings. The molecule has 1 unspecified atom stereocenters. The van der Waals surface area contributed by atoms with E-state index < -0.39 is 19.2 Å². The molecule has 0 aliphatic heterocycles. The van der Waals surface area contributed by atoms with Gasteiger partial charge in [-0.05, 0) is 17.6 Å². The first-order chi connectivity index (χ1) is 8.75. The van der Waals surface area contributed by atoms with Crippen molar-refractivity contribution in [1.29, 1.82) is 0 Å². The van der Waals surface area contributed by atoms with Gasteiger partial charge in [0.15, 0.2) is 5.76 Å². The van der Waals surface area contributed by atoms with Gasteiger partial charge in [0.2, 0.25) is 5.78 Å². The zero-order valence-electron chi connectivity index (χ0n) is 11.6. The average Bonchev–Trinajstić information content (AvgIpc) is 2.77. The van der Waals surface area contributed by atoms with E-state index in [1.165, 1.54) is 12.1 Å². The van der Waals surface area contributed by atoms with Gasteiger partial charge >= 0.3 is 13.5 Å². The number of ketones is 2. The smallest absolute Gasteiger partial charge is 0.413 e. The highest BCUT2D eigenvalue weighted by molar-refractivity contribution is 7.47. The second-order valence-corrected chi connectivity index (χ2v) is 6.30. The van der Waals surface area contributed by atoms with Crippen molar-refractivity contribution in [3.63, 3.8) is 0 Å². The third-order valence-electron chi connectivity index (χ3n) is 2.45. The van der Waals surface area contributed by atoms with Crippen LogP contribution in [0.5, 0.6) is 0 Å². The number of furan rings is 1. The van der Waals surface area contributed by atoms with Gasteiger partial charge in [0, 0.05) is 11.5 Å². The molecule has 1 rings (SSSR count). The van der Waals surface area contributed by atoms with E-state index in [2.05, 4.69) is 0 Å². The molecule has 0 amide bonds. The van der Waals surface area contributed by atoms with Crippen molar-refractivity contribution in [1.82, 2.24) is 0 Å². The summed E-state index contributed by atoms with van der Waals surface area (Å²) in [6, 6.07) is 2.85. The topological polar surface area (TPSA) is 73.6 Å². The monoisotopic (exact) mass is 285 g/mol. The zero-order valence-corrected chi connectivity index (χ0v) is 12.5. The van der Waals surface area contributed by atoms with Crippen LogP contribution in [-0.4, -0.2) is 18.2 Å². The van der Waals surface area contributed by atoms with Crippen molar-refractivity contribution in [3.8, 4) is 0 Å². The SMILES string of the molecule is CCO[P+](=O)c1ccc(C(=O)CC(=O)C(C)(C)C)o1. The van der Waals surface area contributed by atoms with Gasteiger partial charge in [0.25, 0.3) is 0 Å². The van der Waals surface area contributed by atoms with E-state index in [1.807, 2.05) is 0 Å². The van der Waals surface area contributed by atoms with E-state index in [1.54, 1.807) is 27.7 Å². The Morgan fingerprint density at radius 1 is 1.32 bits per heavy atom. The lowest BCUT2D eigenvalue weighted by Gasteiger charge is -2.14. The van der Waals surface area contributed by atoms with Crippen molar-refractivity contribution in [2.45, 2.75) is 34.1 Å². The third-order valence-corrected chi connectivity index (χ3v) is 3.54. The second kappa shape index (κ2) is 6.22. The number of carbonyl (C=O) groups is 2. The van der Waals surface area contributed by atoms with Crippen LogP contribution in [0.2, 0.25) is 0 Å². The minimum atomic E-state index is -2.08. The van der Waals surface area contributed by atoms with Crippen molar-refractivity contribution >= 4 is 25.1 Å². The maximum atomic E-state index is 11.8. The highest BCUT2D eigenvalue weighted by Gasteiger charge is 2.30. The van der Waals surface area contributed by atoms with Crippen LogP contribution >= 0.6 is 8.03 Å². The normalized spacial score (nSPS) is 12.3. The molecule has 0 bridgehead atoms. The first kappa shape index (κ1) is 15.7. The Morgan fingerprint density at radius 2 is 1.95 bits per heavy atom. The predicted molar refractivity (Wildman–Crippen MR) is 71.0 cm³/mol. The molecule has 0 N–H and O–H groups in total. The molecule has 0 saturated heterocycles. The minimum absolute atomic E-state index is 0.0376. The molecule has 0 fully saturated rings. The lowest BCUT2D eigenvalue weighted by molar-refractivity contribution is -0.125. The molecule has 104 valence electrons. The summed E-state index contributed by atoms with van der Waals surface area (Å²) >= 11 is 0. The van der Waals surface area contributed by atoms with Gasteiger partial charge < -0.3 is 4.42 Å². The average molecular weight is 285 g/mol. The van der Waals surface area contributed by atoms with Crippen molar-refractivity contribution in [2.75, 3.05) is 6.61 Å². The number of Topliss-reactive ketones (excluding diaryl/α,β-unsaturated/α-hetero) is 2. The number of carbonyl (C=O) groups excluding carboxylic acids is 2. The Bertz CT molecular complexity index is 495. The van der Waals surface area contributed by atoms with Crippen LogP contribution in [0.25, 0.3) is 0 Å². The molecule has 19 heavy (non-hydrogen) atoms. The molecule has 0 spiro atoms. The van der Waals surface area contributed by atoms with E-state index in [4.69, 9.17) is 8.94 Å². The Balaban J connectivity index is 2.74. The van der Waals surface area contributed by atoms with Crippen LogP contribution in [0.15, 0.2) is 16.5 Å². The van der Waals surface area contributed by atoms with E-state index >= 15 is 0 Å². The summed E-state index contributed by atoms with van der Waals surface area (Å²) in [7, 11) is -2.08. The maximum absolute atomic E-state index is 11.8. The molecule has 1 atom stereocenters. The molecule has 0 saturated carbocycles. The summed E-state index contributed by atoms with van der Waals surface area (Å²) in [5.74, 6) is -0.536. The Kier molecular flexibility index (Phi) is 5.15. The first-order valence-corrected chi connectivity index (χ1v) is 7.20. The molecule has 5 nitrogen and oxygen atoms in total. The van der Waals surface area contributed by atoms with E-state index in [0.717, 1.165) is 0 Å². The molecule has 1 aromatic heterocycles. The summed E-state index contributed by atoms with van der Waals surface area (Å²) in [5, 5.41) is 0. The fraction of sp³-hybridized carbons (Fsp3) is 0.538. The maximum Gasteiger partial charge on any atom is 0.588 e. The van der Waals surface area contributed by atoms with E-state index in [0.29, 0.717) is 6.61 Å². The molecule has 6 heteroatoms. The Hall–Kier alpha value is -1.32. The van der Waals surface area contributed by atoms with Crippen LogP contribution in [-0.2, 0) is 13.9 Å². The van der Waals surface area contributed by atoms with Gasteiger partial charge in [-0.25, -0.2) is 0 Å². The van der Waals surface area contributed by atoms with Crippen molar-refractivity contribution < 1.29 is 23.1 Å². The number of rotatable bonds is 6. The second-order valence-electron chi connectivity index (χ2n) is 5.09. The fourth-order valence-corrected chi connectivity index (χ4v) is 1.99. The van der Waals surface area contributed by atoms with Gasteiger partial charge in [0.05, 0.1) is 6.42 Å². The predicted octanol–water partition coefficient (Wildman–Crippen LogP) is 2.87. The Morgan fingerprint density at radius 3 is 2.47 bits per heavy atom. The van der Waals surface area contributed by atoms with E-state index in [9.17, 15) is 14.2 Å². The van der Waals surface area contributed by atoms with E-state index in [-0.39, 0.29) is 23.5 Å². The summed E-state index contributed by atoms with van der Waals surface area (Å²) in [5.41, 5.74) is -0.454. The van der Waals surface area contributed by atoms with Gasteiger partial charge in [-0.15, -0.1) is 4.52 Å². The lowest BCUT2D eigenvalue weighted by Crippen LogP contribution is -2.22. The largest absolute Gasteiger partial charge is 0.588 e. The molecule has 1 aromatic rings. The lowest BCUT2D eigenvalue weighted by atomic mass is 9.88. The molecule has 0 radical (unpaired) electrons. The van der Waals surface area contributed by atoms with Crippen LogP contribution in [0.3, 0.4) is 0 Å². The highest BCUT2D eigenvalue weighted by atomic mass is 31.1. The van der Waals surface area contributed by atoms with Gasteiger partial charge in [-0.1, -0.05) is 20.8 Å². The summed E-state index contributed by atoms with van der Waals surface area (Å²) in [6.07, 6.45) is -0.220. The van der Waals surface area contributed by atoms with Gasteiger partial charge in [-0.3, -0.25) is 9.59 Å². The van der Waals surface area contributed by atoms with Gasteiger partial charge in [0.1, 0.15) is 12.4 Å². The molecule has 0 aromatic carbocycles. The van der Waals surface area contributed by atoms with Crippen molar-refractivity contribution in [2.24, 2.45) is 5.41 Å². The quantitative estimate of drug-likeness (QED) is 0.456. The standard InChI is InChI=1S/C13H18O5P/c1-5-17-19(16)12-7-6-10(18-12)9(14)8-11(15)13(2,3)4/h6-7H,5,8H2,1-4H3/q+1. The van der Waals surface area contributed by atoms with Crippen LogP contribution in [0.1, 0.15) is 44.7 Å². The summed E-state index contributed by atoms with van der Waals surface area (Å²) < 4.78 is 21.6. The summed E-state index contributed by atoms with van der Waals surface area (Å²) in [4.78, 5) is 23.6. The van der Waals surface area contributed by atoms with Crippen molar-refractivity contribution in [3.05, 3.63) is 17.9 Å². The molecule has 0 aliphatic carbocycles. The highest BCUT2D eigenvalue weighted by Crippen LogP contribution is 2.23. The summed E-state index contributed by atoms with van der Waals surface area (Å²) in [6.45, 7) is 7.26. The van der Waals surface area contributed by atoms with Crippen LogP contribution in [0, 0.1) is 5.41 Å².